The predicted molar refractivity (Wildman–Crippen MR) is 119 cm³/mol. The monoisotopic (exact) mass is 481 g/mol. The molecule has 0 atom stereocenters. The molecule has 2 N–H and O–H groups in total. The van der Waals surface area contributed by atoms with Crippen LogP contribution in [-0.2, 0) is 16.2 Å². The first-order valence-electron chi connectivity index (χ1n) is 10.2. The fourth-order valence-corrected chi connectivity index (χ4v) is 2.93. The molecule has 1 heterocycles. The van der Waals surface area contributed by atoms with Crippen molar-refractivity contribution in [1.82, 2.24) is 11.0 Å². The van der Waals surface area contributed by atoms with Crippen molar-refractivity contribution in [2.24, 2.45) is 0 Å². The maximum absolute atomic E-state index is 12.3. The molecular formula is C23H19N3O9. The van der Waals surface area contributed by atoms with E-state index in [9.17, 15) is 19.7 Å². The number of rotatable bonds is 4. The molecule has 3 aromatic carbocycles. The van der Waals surface area contributed by atoms with Crippen LogP contribution in [0, 0.1) is 10.1 Å². The number of nitrogens with one attached hydrogen (secondary N) is 2. The first-order chi connectivity index (χ1) is 17.0. The van der Waals surface area contributed by atoms with Crippen molar-refractivity contribution in [3.8, 4) is 28.7 Å². The van der Waals surface area contributed by atoms with E-state index in [0.29, 0.717) is 5.56 Å². The highest BCUT2D eigenvalue weighted by atomic mass is 16.7. The topological polar surface area (TPSA) is 147 Å². The number of para-hydroxylation sites is 3. The average Bonchev–Trinajstić information content (AvgIpc) is 2.87. The first kappa shape index (κ1) is 23.2. The number of hydrogen-bond acceptors (Lipinski definition) is 9. The SMILES string of the molecule is O=C1COc2ccccc2OCC(=O)NOc2cccc(c2OCc2ccc([N+](=O)[O-])cc2)ON1. The van der Waals surface area contributed by atoms with Gasteiger partial charge in [0.1, 0.15) is 6.61 Å². The summed E-state index contributed by atoms with van der Waals surface area (Å²) in [6.45, 7) is -0.790. The van der Waals surface area contributed by atoms with Crippen LogP contribution in [0.5, 0.6) is 28.7 Å². The van der Waals surface area contributed by atoms with Gasteiger partial charge >= 0.3 is 0 Å². The largest absolute Gasteiger partial charge is 0.481 e. The van der Waals surface area contributed by atoms with Crippen LogP contribution in [0.1, 0.15) is 5.56 Å². The Morgan fingerprint density at radius 2 is 1.29 bits per heavy atom. The van der Waals surface area contributed by atoms with E-state index in [1.807, 2.05) is 0 Å². The molecule has 35 heavy (non-hydrogen) atoms. The maximum atomic E-state index is 12.3. The number of hydroxylamine groups is 2. The van der Waals surface area contributed by atoms with Crippen molar-refractivity contribution < 1.29 is 38.4 Å². The highest BCUT2D eigenvalue weighted by Gasteiger charge is 2.18. The fourth-order valence-electron chi connectivity index (χ4n) is 2.93. The molecule has 12 heteroatoms. The third kappa shape index (κ3) is 6.07. The van der Waals surface area contributed by atoms with E-state index in [0.717, 1.165) is 0 Å². The fraction of sp³-hybridized carbons (Fsp3) is 0.130. The number of benzene rings is 3. The van der Waals surface area contributed by atoms with Gasteiger partial charge in [0.25, 0.3) is 17.5 Å². The Kier molecular flexibility index (Phi) is 7.11. The van der Waals surface area contributed by atoms with Gasteiger partial charge < -0.3 is 23.9 Å². The Morgan fingerprint density at radius 1 is 0.771 bits per heavy atom. The molecule has 0 radical (unpaired) electrons. The van der Waals surface area contributed by atoms with Gasteiger partial charge in [-0.2, -0.15) is 11.0 Å². The lowest BCUT2D eigenvalue weighted by Gasteiger charge is -2.16. The summed E-state index contributed by atoms with van der Waals surface area (Å²) in [7, 11) is 0. The minimum atomic E-state index is -0.600. The molecule has 3 aromatic rings. The summed E-state index contributed by atoms with van der Waals surface area (Å²) in [6.07, 6.45) is 0. The number of nitro groups is 1. The number of nitro benzene ring substituents is 1. The van der Waals surface area contributed by atoms with Gasteiger partial charge in [0, 0.05) is 12.1 Å². The lowest BCUT2D eigenvalue weighted by atomic mass is 10.2. The van der Waals surface area contributed by atoms with E-state index in [-0.39, 0.29) is 54.3 Å². The Labute approximate surface area is 198 Å². The third-order valence-corrected chi connectivity index (χ3v) is 4.59. The van der Waals surface area contributed by atoms with Gasteiger partial charge in [-0.15, -0.1) is 0 Å². The molecule has 2 amide bonds. The molecule has 0 saturated carbocycles. The summed E-state index contributed by atoms with van der Waals surface area (Å²) in [5, 5.41) is 10.9. The molecule has 0 aromatic heterocycles. The molecule has 0 fully saturated rings. The van der Waals surface area contributed by atoms with E-state index < -0.39 is 16.7 Å². The minimum Gasteiger partial charge on any atom is -0.481 e. The molecule has 0 unspecified atom stereocenters. The van der Waals surface area contributed by atoms with Gasteiger partial charge in [-0.05, 0) is 42.0 Å². The molecule has 1 aliphatic rings. The van der Waals surface area contributed by atoms with Gasteiger partial charge in [0.15, 0.2) is 24.7 Å². The van der Waals surface area contributed by atoms with Gasteiger partial charge in [-0.25, -0.2) is 0 Å². The lowest BCUT2D eigenvalue weighted by molar-refractivity contribution is -0.384. The van der Waals surface area contributed by atoms with E-state index >= 15 is 0 Å². The number of carbonyl (C=O) groups excluding carboxylic acids is 2. The van der Waals surface area contributed by atoms with Gasteiger partial charge in [-0.1, -0.05) is 18.2 Å². The van der Waals surface area contributed by atoms with E-state index in [1.54, 1.807) is 30.3 Å². The van der Waals surface area contributed by atoms with E-state index in [4.69, 9.17) is 23.9 Å². The standard InChI is InChI=1S/C23H19N3O9/c27-21-13-31-17-4-1-2-5-18(17)32-14-22(28)25-35-20-7-3-6-19(34-24-21)23(20)33-12-15-8-10-16(11-9-15)26(29)30/h1-11H,12-14H2,(H,24,27)(H,25,28). The summed E-state index contributed by atoms with van der Waals surface area (Å²) in [5.41, 5.74) is 5.07. The van der Waals surface area contributed by atoms with Crippen molar-refractivity contribution >= 4 is 17.5 Å². The maximum Gasteiger partial charge on any atom is 0.290 e. The second-order valence-electron chi connectivity index (χ2n) is 7.07. The number of nitrogens with zero attached hydrogens (tertiary/aromatic N) is 1. The van der Waals surface area contributed by atoms with Gasteiger partial charge in [0.2, 0.25) is 17.2 Å². The second-order valence-corrected chi connectivity index (χ2v) is 7.07. The molecule has 1 aliphatic heterocycles. The van der Waals surface area contributed by atoms with Crippen LogP contribution in [-0.4, -0.2) is 30.0 Å². The molecule has 4 rings (SSSR count). The number of amides is 2. The average molecular weight is 481 g/mol. The minimum absolute atomic E-state index is 0.0157. The quantitative estimate of drug-likeness (QED) is 0.423. The van der Waals surface area contributed by atoms with Crippen molar-refractivity contribution in [1.29, 1.82) is 0 Å². The van der Waals surface area contributed by atoms with Crippen molar-refractivity contribution in [2.45, 2.75) is 6.61 Å². The van der Waals surface area contributed by atoms with Gasteiger partial charge in [0.05, 0.1) is 4.92 Å². The Bertz CT molecular complexity index is 1170. The number of hydrogen-bond donors (Lipinski definition) is 2. The van der Waals surface area contributed by atoms with Crippen molar-refractivity contribution in [3.05, 3.63) is 82.4 Å². The smallest absolute Gasteiger partial charge is 0.290 e. The van der Waals surface area contributed by atoms with Crippen LogP contribution in [0.2, 0.25) is 0 Å². The number of ether oxygens (including phenoxy) is 3. The summed E-state index contributed by atoms with van der Waals surface area (Å²) in [6, 6.07) is 16.9. The molecule has 0 aliphatic carbocycles. The zero-order chi connectivity index (χ0) is 24.6. The number of carbonyl (C=O) groups is 2. The number of non-ortho nitro benzene ring substituents is 1. The van der Waals surface area contributed by atoms with Crippen LogP contribution < -0.4 is 34.8 Å². The van der Waals surface area contributed by atoms with Crippen LogP contribution >= 0.6 is 0 Å². The summed E-state index contributed by atoms with van der Waals surface area (Å²) >= 11 is 0. The van der Waals surface area contributed by atoms with Crippen LogP contribution in [0.25, 0.3) is 0 Å². The summed E-state index contributed by atoms with van der Waals surface area (Å²) in [5.74, 6) is -0.450. The predicted octanol–water partition coefficient (Wildman–Crippen LogP) is 2.47. The first-order valence-corrected chi connectivity index (χ1v) is 10.2. The Balaban J connectivity index is 1.54. The molecule has 0 spiro atoms. The second kappa shape index (κ2) is 10.7. The number of fused-ring (bicyclic) bond motifs is 3. The molecule has 180 valence electrons. The Hall–Kier alpha value is -5.00. The molecule has 2 bridgehead atoms. The molecule has 0 saturated heterocycles. The zero-order valence-electron chi connectivity index (χ0n) is 18.1. The van der Waals surface area contributed by atoms with Crippen LogP contribution in [0.4, 0.5) is 5.69 Å². The van der Waals surface area contributed by atoms with Gasteiger partial charge in [-0.3, -0.25) is 19.7 Å². The van der Waals surface area contributed by atoms with E-state index in [2.05, 4.69) is 11.0 Å². The molecular weight excluding hydrogens is 462 g/mol. The van der Waals surface area contributed by atoms with E-state index in [1.165, 1.54) is 36.4 Å². The van der Waals surface area contributed by atoms with Crippen LogP contribution in [0.3, 0.4) is 0 Å². The third-order valence-electron chi connectivity index (χ3n) is 4.59. The molecule has 12 nitrogen and oxygen atoms in total. The highest BCUT2D eigenvalue weighted by Crippen LogP contribution is 2.37. The zero-order valence-corrected chi connectivity index (χ0v) is 18.1. The lowest BCUT2D eigenvalue weighted by Crippen LogP contribution is -2.32. The van der Waals surface area contributed by atoms with Crippen molar-refractivity contribution in [2.75, 3.05) is 13.2 Å². The summed E-state index contributed by atoms with van der Waals surface area (Å²) < 4.78 is 16.8. The van der Waals surface area contributed by atoms with Crippen molar-refractivity contribution in [3.63, 3.8) is 0 Å². The highest BCUT2D eigenvalue weighted by molar-refractivity contribution is 5.77. The Morgan fingerprint density at radius 3 is 1.80 bits per heavy atom. The summed E-state index contributed by atoms with van der Waals surface area (Å²) in [4.78, 5) is 45.7. The van der Waals surface area contributed by atoms with Crippen LogP contribution in [0.15, 0.2) is 66.7 Å². The normalized spacial score (nSPS) is 13.6.